The number of rotatable bonds is 11. The number of carbonyl (C=O) groups is 1. The molecule has 0 aliphatic heterocycles. The van der Waals surface area contributed by atoms with Crippen molar-refractivity contribution in [2.45, 2.75) is 31.2 Å². The molecule has 0 heterocycles. The fourth-order valence-electron chi connectivity index (χ4n) is 2.92. The molecular weight excluding hydrogens is 415 g/mol. The highest BCUT2D eigenvalue weighted by atomic mass is 32.2. The van der Waals surface area contributed by atoms with E-state index in [1.807, 2.05) is 36.6 Å². The zero-order valence-corrected chi connectivity index (χ0v) is 17.8. The van der Waals surface area contributed by atoms with Gasteiger partial charge in [-0.1, -0.05) is 30.3 Å². The number of esters is 1. The van der Waals surface area contributed by atoms with Crippen LogP contribution in [0.25, 0.3) is 0 Å². The van der Waals surface area contributed by atoms with Gasteiger partial charge in [-0.2, -0.15) is 24.9 Å². The average molecular weight is 442 g/mol. The lowest BCUT2D eigenvalue weighted by atomic mass is 10.1. The maximum Gasteiger partial charge on any atom is 0.416 e. The van der Waals surface area contributed by atoms with E-state index in [-0.39, 0.29) is 12.1 Å². The summed E-state index contributed by atoms with van der Waals surface area (Å²) in [6.07, 6.45) is -1.63. The number of alkyl halides is 3. The zero-order valence-electron chi connectivity index (χ0n) is 16.9. The molecule has 30 heavy (non-hydrogen) atoms. The normalized spacial score (nSPS) is 13.5. The lowest BCUT2D eigenvalue weighted by Gasteiger charge is -2.22. The van der Waals surface area contributed by atoms with Crippen LogP contribution in [-0.4, -0.2) is 37.7 Å². The Hall–Kier alpha value is -2.19. The summed E-state index contributed by atoms with van der Waals surface area (Å²) in [5.41, 5.74) is 0.181. The van der Waals surface area contributed by atoms with E-state index in [2.05, 4.69) is 5.32 Å². The summed E-state index contributed by atoms with van der Waals surface area (Å²) in [4.78, 5) is 12.0. The molecule has 4 nitrogen and oxygen atoms in total. The second-order valence-electron chi connectivity index (χ2n) is 6.64. The molecule has 0 aromatic heterocycles. The molecule has 0 aliphatic rings. The average Bonchev–Trinajstić information content (AvgIpc) is 2.75. The van der Waals surface area contributed by atoms with E-state index in [1.54, 1.807) is 11.8 Å². The van der Waals surface area contributed by atoms with Gasteiger partial charge in [-0.25, -0.2) is 0 Å². The molecule has 1 N–H and O–H groups in total. The van der Waals surface area contributed by atoms with Gasteiger partial charge in [-0.3, -0.25) is 4.79 Å². The van der Waals surface area contributed by atoms with Crippen molar-refractivity contribution in [2.24, 2.45) is 0 Å². The van der Waals surface area contributed by atoms with Crippen LogP contribution in [0.5, 0.6) is 5.75 Å². The minimum absolute atomic E-state index is 0.316. The molecule has 2 aromatic carbocycles. The van der Waals surface area contributed by atoms with Crippen molar-refractivity contribution < 1.29 is 27.4 Å². The zero-order chi connectivity index (χ0) is 22.0. The van der Waals surface area contributed by atoms with Gasteiger partial charge >= 0.3 is 12.1 Å². The second-order valence-corrected chi connectivity index (χ2v) is 7.62. The van der Waals surface area contributed by atoms with Crippen LogP contribution in [0.4, 0.5) is 13.2 Å². The van der Waals surface area contributed by atoms with E-state index in [9.17, 15) is 18.0 Å². The summed E-state index contributed by atoms with van der Waals surface area (Å²) < 4.78 is 49.2. The van der Waals surface area contributed by atoms with Crippen LogP contribution in [-0.2, 0) is 15.7 Å². The van der Waals surface area contributed by atoms with Crippen molar-refractivity contribution in [3.05, 3.63) is 65.7 Å². The predicted molar refractivity (Wildman–Crippen MR) is 113 cm³/mol. The standard InChI is InChI=1S/C22H26F3NO3S/c1-28-21(27)19(13-15-30-2)26-14-12-20(16-6-4-3-5-7-16)29-18-10-8-17(9-11-18)22(23,24)25/h3-11,19-20,26H,12-15H2,1-2H3/t19-,20?/m0/s1. The van der Waals surface area contributed by atoms with Crippen molar-refractivity contribution >= 4 is 17.7 Å². The summed E-state index contributed by atoms with van der Waals surface area (Å²) in [5.74, 6) is 0.851. The van der Waals surface area contributed by atoms with Crippen LogP contribution in [0.2, 0.25) is 0 Å². The molecule has 0 radical (unpaired) electrons. The van der Waals surface area contributed by atoms with Gasteiger partial charge in [0.05, 0.1) is 12.7 Å². The third-order valence-corrected chi connectivity index (χ3v) is 5.17. The number of hydrogen-bond acceptors (Lipinski definition) is 5. The van der Waals surface area contributed by atoms with E-state index in [0.29, 0.717) is 25.1 Å². The summed E-state index contributed by atoms with van der Waals surface area (Å²) in [6, 6.07) is 13.7. The van der Waals surface area contributed by atoms with Gasteiger partial charge in [0.25, 0.3) is 0 Å². The van der Waals surface area contributed by atoms with Gasteiger partial charge in [0.15, 0.2) is 0 Å². The molecule has 0 fully saturated rings. The Morgan fingerprint density at radius 2 is 1.73 bits per heavy atom. The van der Waals surface area contributed by atoms with Crippen LogP contribution < -0.4 is 10.1 Å². The third-order valence-electron chi connectivity index (χ3n) is 4.52. The van der Waals surface area contributed by atoms with E-state index < -0.39 is 17.8 Å². The maximum atomic E-state index is 12.8. The van der Waals surface area contributed by atoms with Crippen molar-refractivity contribution in [3.63, 3.8) is 0 Å². The molecule has 0 saturated carbocycles. The first kappa shape index (κ1) is 24.1. The molecule has 2 aromatic rings. The minimum Gasteiger partial charge on any atom is -0.486 e. The number of ether oxygens (including phenoxy) is 2. The number of hydrogen-bond donors (Lipinski definition) is 1. The minimum atomic E-state index is -4.39. The first-order chi connectivity index (χ1) is 14.3. The van der Waals surface area contributed by atoms with Gasteiger partial charge in [0, 0.05) is 6.42 Å². The van der Waals surface area contributed by atoms with Crippen molar-refractivity contribution in [1.82, 2.24) is 5.32 Å². The maximum absolute atomic E-state index is 12.8. The van der Waals surface area contributed by atoms with Crippen LogP contribution >= 0.6 is 11.8 Å². The topological polar surface area (TPSA) is 47.6 Å². The van der Waals surface area contributed by atoms with Gasteiger partial charge in [-0.15, -0.1) is 0 Å². The Kier molecular flexibility index (Phi) is 9.52. The molecule has 0 aliphatic carbocycles. The molecule has 0 bridgehead atoms. The molecule has 0 saturated heterocycles. The van der Waals surface area contributed by atoms with Crippen LogP contribution in [0.15, 0.2) is 54.6 Å². The highest BCUT2D eigenvalue weighted by Crippen LogP contribution is 2.31. The lowest BCUT2D eigenvalue weighted by Crippen LogP contribution is -2.39. The number of methoxy groups -OCH3 is 1. The summed E-state index contributed by atoms with van der Waals surface area (Å²) >= 11 is 1.65. The molecule has 2 rings (SSSR count). The number of halogens is 3. The first-order valence-electron chi connectivity index (χ1n) is 9.54. The molecule has 8 heteroatoms. The van der Waals surface area contributed by atoms with E-state index in [4.69, 9.17) is 9.47 Å². The van der Waals surface area contributed by atoms with Crippen LogP contribution in [0.1, 0.15) is 30.1 Å². The third kappa shape index (κ3) is 7.57. The number of nitrogens with one attached hydrogen (secondary N) is 1. The predicted octanol–water partition coefficient (Wildman–Crippen LogP) is 5.10. The van der Waals surface area contributed by atoms with Crippen LogP contribution in [0.3, 0.4) is 0 Å². The number of benzene rings is 2. The molecule has 2 atom stereocenters. The van der Waals surface area contributed by atoms with Crippen molar-refractivity contribution in [2.75, 3.05) is 25.7 Å². The molecule has 0 spiro atoms. The quantitative estimate of drug-likeness (QED) is 0.492. The molecule has 0 amide bonds. The Balaban J connectivity index is 2.06. The number of carbonyl (C=O) groups excluding carboxylic acids is 1. The highest BCUT2D eigenvalue weighted by Gasteiger charge is 2.30. The lowest BCUT2D eigenvalue weighted by molar-refractivity contribution is -0.143. The van der Waals surface area contributed by atoms with E-state index in [1.165, 1.54) is 19.2 Å². The van der Waals surface area contributed by atoms with E-state index in [0.717, 1.165) is 23.4 Å². The highest BCUT2D eigenvalue weighted by molar-refractivity contribution is 7.98. The van der Waals surface area contributed by atoms with Gasteiger partial charge < -0.3 is 14.8 Å². The molecular formula is C22H26F3NO3S. The Labute approximate surface area is 179 Å². The summed E-state index contributed by atoms with van der Waals surface area (Å²) in [7, 11) is 1.36. The largest absolute Gasteiger partial charge is 0.486 e. The van der Waals surface area contributed by atoms with Crippen molar-refractivity contribution in [3.8, 4) is 5.75 Å². The van der Waals surface area contributed by atoms with Crippen molar-refractivity contribution in [1.29, 1.82) is 0 Å². The summed E-state index contributed by atoms with van der Waals surface area (Å²) in [5, 5.41) is 3.20. The fourth-order valence-corrected chi connectivity index (χ4v) is 3.39. The Morgan fingerprint density at radius 1 is 1.07 bits per heavy atom. The van der Waals surface area contributed by atoms with Gasteiger partial charge in [0.2, 0.25) is 0 Å². The fraction of sp³-hybridized carbons (Fsp3) is 0.409. The Morgan fingerprint density at radius 3 is 2.30 bits per heavy atom. The second kappa shape index (κ2) is 11.9. The van der Waals surface area contributed by atoms with Gasteiger partial charge in [0.1, 0.15) is 17.9 Å². The first-order valence-corrected chi connectivity index (χ1v) is 10.9. The number of thioether (sulfide) groups is 1. The molecule has 164 valence electrons. The Bertz CT molecular complexity index is 769. The monoisotopic (exact) mass is 441 g/mol. The SMILES string of the molecule is COC(=O)[C@H](CCSC)NCCC(Oc1ccc(C(F)(F)F)cc1)c1ccccc1. The van der Waals surface area contributed by atoms with Crippen LogP contribution in [0, 0.1) is 0 Å². The van der Waals surface area contributed by atoms with Gasteiger partial charge in [-0.05, 0) is 54.8 Å². The smallest absolute Gasteiger partial charge is 0.416 e. The van der Waals surface area contributed by atoms with E-state index >= 15 is 0 Å². The summed E-state index contributed by atoms with van der Waals surface area (Å²) in [6.45, 7) is 0.480. The molecule has 1 unspecified atom stereocenters.